The van der Waals surface area contributed by atoms with Crippen molar-refractivity contribution in [1.29, 1.82) is 0 Å². The molecule has 148 valence electrons. The molecular weight excluding hydrogens is 384 g/mol. The molecule has 4 rings (SSSR count). The third-order valence-electron chi connectivity index (χ3n) is 5.06. The summed E-state index contributed by atoms with van der Waals surface area (Å²) in [6.07, 6.45) is 3.45. The predicted molar refractivity (Wildman–Crippen MR) is 115 cm³/mol. The maximum Gasteiger partial charge on any atom is 0.329 e. The van der Waals surface area contributed by atoms with E-state index in [9.17, 15) is 9.59 Å². The highest BCUT2D eigenvalue weighted by molar-refractivity contribution is 7.10. The van der Waals surface area contributed by atoms with Crippen LogP contribution in [0, 0.1) is 0 Å². The molecule has 0 aliphatic carbocycles. The van der Waals surface area contributed by atoms with Gasteiger partial charge in [0.15, 0.2) is 0 Å². The van der Waals surface area contributed by atoms with Crippen molar-refractivity contribution in [3.05, 3.63) is 86.7 Å². The normalized spacial score (nSPS) is 12.2. The molecular formula is C22H22N4O2S. The van der Waals surface area contributed by atoms with Crippen molar-refractivity contribution in [3.63, 3.8) is 0 Å². The number of benzene rings is 1. The Balaban J connectivity index is 1.72. The van der Waals surface area contributed by atoms with Crippen LogP contribution in [-0.4, -0.2) is 20.0 Å². The highest BCUT2D eigenvalue weighted by Gasteiger charge is 2.20. The summed E-state index contributed by atoms with van der Waals surface area (Å²) in [5.41, 5.74) is 3.09. The lowest BCUT2D eigenvalue weighted by molar-refractivity contribution is 0.0943. The van der Waals surface area contributed by atoms with Gasteiger partial charge in [0.25, 0.3) is 5.91 Å². The first-order valence-electron chi connectivity index (χ1n) is 9.61. The Labute approximate surface area is 172 Å². The molecule has 0 bridgehead atoms. The number of hydrogen-bond acceptors (Lipinski definition) is 4. The minimum atomic E-state index is -0.255. The Morgan fingerprint density at radius 2 is 1.79 bits per heavy atom. The van der Waals surface area contributed by atoms with Gasteiger partial charge in [0, 0.05) is 35.9 Å². The van der Waals surface area contributed by atoms with Crippen molar-refractivity contribution >= 4 is 28.3 Å². The highest BCUT2D eigenvalue weighted by Crippen LogP contribution is 2.26. The maximum atomic E-state index is 13.1. The van der Waals surface area contributed by atoms with Crippen molar-refractivity contribution in [2.24, 2.45) is 0 Å². The predicted octanol–water partition coefficient (Wildman–Crippen LogP) is 3.82. The molecule has 3 aromatic heterocycles. The van der Waals surface area contributed by atoms with Crippen LogP contribution in [0.25, 0.3) is 11.0 Å². The van der Waals surface area contributed by atoms with Crippen LogP contribution in [0.15, 0.2) is 65.0 Å². The van der Waals surface area contributed by atoms with Crippen molar-refractivity contribution < 1.29 is 4.79 Å². The number of nitrogens with one attached hydrogen (secondary N) is 1. The van der Waals surface area contributed by atoms with Crippen LogP contribution in [0.3, 0.4) is 0 Å². The monoisotopic (exact) mass is 406 g/mol. The van der Waals surface area contributed by atoms with E-state index in [1.807, 2.05) is 49.6 Å². The molecule has 0 aliphatic heterocycles. The van der Waals surface area contributed by atoms with Gasteiger partial charge in [-0.3, -0.25) is 18.9 Å². The van der Waals surface area contributed by atoms with Crippen LogP contribution in [0.2, 0.25) is 0 Å². The number of fused-ring (bicyclic) bond motifs is 1. The molecule has 4 aromatic rings. The first-order chi connectivity index (χ1) is 14.1. The fourth-order valence-corrected chi connectivity index (χ4v) is 4.42. The smallest absolute Gasteiger partial charge is 0.329 e. The van der Waals surface area contributed by atoms with Crippen molar-refractivity contribution in [2.75, 3.05) is 0 Å². The first kappa shape index (κ1) is 19.1. The topological polar surface area (TPSA) is 68.9 Å². The lowest BCUT2D eigenvalue weighted by Crippen LogP contribution is -2.28. The lowest BCUT2D eigenvalue weighted by atomic mass is 10.1. The van der Waals surface area contributed by atoms with Crippen LogP contribution >= 0.6 is 11.3 Å². The summed E-state index contributed by atoms with van der Waals surface area (Å²) in [6.45, 7) is 5.03. The number of rotatable bonds is 6. The Bertz CT molecular complexity index is 1190. The first-order valence-corrected chi connectivity index (χ1v) is 10.5. The Morgan fingerprint density at radius 1 is 1.07 bits per heavy atom. The van der Waals surface area contributed by atoms with E-state index in [2.05, 4.69) is 10.3 Å². The van der Waals surface area contributed by atoms with Crippen LogP contribution in [0.4, 0.5) is 0 Å². The molecule has 7 heteroatoms. The van der Waals surface area contributed by atoms with E-state index in [4.69, 9.17) is 0 Å². The third-order valence-corrected chi connectivity index (χ3v) is 5.99. The van der Waals surface area contributed by atoms with E-state index >= 15 is 0 Å². The molecule has 6 nitrogen and oxygen atoms in total. The molecule has 0 radical (unpaired) electrons. The molecule has 3 heterocycles. The quantitative estimate of drug-likeness (QED) is 0.529. The SMILES string of the molecule is CCn1c(=O)n(CC)c2cc(C(=O)NC(c3ccncc3)c3cccs3)ccc21. The molecule has 0 fully saturated rings. The lowest BCUT2D eigenvalue weighted by Gasteiger charge is -2.18. The molecule has 1 N–H and O–H groups in total. The van der Waals surface area contributed by atoms with E-state index in [1.54, 1.807) is 45.0 Å². The van der Waals surface area contributed by atoms with Gasteiger partial charge in [0.1, 0.15) is 0 Å². The number of aromatic nitrogens is 3. The molecule has 29 heavy (non-hydrogen) atoms. The van der Waals surface area contributed by atoms with Gasteiger partial charge in [-0.25, -0.2) is 4.79 Å². The largest absolute Gasteiger partial charge is 0.340 e. The molecule has 1 aromatic carbocycles. The number of nitrogens with zero attached hydrogens (tertiary/aromatic N) is 3. The summed E-state index contributed by atoms with van der Waals surface area (Å²) in [5.74, 6) is -0.179. The number of thiophene rings is 1. The summed E-state index contributed by atoms with van der Waals surface area (Å²) in [6, 6.07) is 13.0. The second kappa shape index (κ2) is 8.05. The van der Waals surface area contributed by atoms with Crippen molar-refractivity contribution in [3.8, 4) is 0 Å². The fraction of sp³-hybridized carbons (Fsp3) is 0.227. The Morgan fingerprint density at radius 3 is 2.45 bits per heavy atom. The average molecular weight is 407 g/mol. The average Bonchev–Trinajstić information content (AvgIpc) is 3.37. The number of imidazole rings is 1. The molecule has 0 saturated heterocycles. The summed E-state index contributed by atoms with van der Waals surface area (Å²) in [7, 11) is 0. The molecule has 0 aliphatic rings. The second-order valence-corrected chi connectivity index (χ2v) is 7.66. The summed E-state index contributed by atoms with van der Waals surface area (Å²) in [5, 5.41) is 5.13. The third kappa shape index (κ3) is 3.49. The summed E-state index contributed by atoms with van der Waals surface area (Å²) < 4.78 is 3.43. The van der Waals surface area contributed by atoms with E-state index in [-0.39, 0.29) is 17.6 Å². The second-order valence-electron chi connectivity index (χ2n) is 6.68. The van der Waals surface area contributed by atoms with Gasteiger partial charge >= 0.3 is 5.69 Å². The van der Waals surface area contributed by atoms with E-state index in [0.717, 1.165) is 21.5 Å². The van der Waals surface area contributed by atoms with Gasteiger partial charge in [0.2, 0.25) is 0 Å². The molecule has 0 saturated carbocycles. The minimum Gasteiger partial charge on any atom is -0.340 e. The zero-order chi connectivity index (χ0) is 20.4. The van der Waals surface area contributed by atoms with Crippen LogP contribution < -0.4 is 11.0 Å². The van der Waals surface area contributed by atoms with E-state index in [1.165, 1.54) is 0 Å². The molecule has 1 unspecified atom stereocenters. The highest BCUT2D eigenvalue weighted by atomic mass is 32.1. The summed E-state index contributed by atoms with van der Waals surface area (Å²) >= 11 is 1.60. The number of hydrogen-bond donors (Lipinski definition) is 1. The number of pyridine rings is 1. The Kier molecular flexibility index (Phi) is 5.31. The van der Waals surface area contributed by atoms with Gasteiger partial charge in [-0.2, -0.15) is 0 Å². The number of aryl methyl sites for hydroxylation is 2. The fourth-order valence-electron chi connectivity index (χ4n) is 3.62. The van der Waals surface area contributed by atoms with Crippen LogP contribution in [0.1, 0.15) is 40.7 Å². The summed E-state index contributed by atoms with van der Waals surface area (Å²) in [4.78, 5) is 30.8. The zero-order valence-electron chi connectivity index (χ0n) is 16.3. The van der Waals surface area contributed by atoms with Gasteiger partial charge in [-0.05, 0) is 61.2 Å². The number of amides is 1. The maximum absolute atomic E-state index is 13.1. The van der Waals surface area contributed by atoms with Gasteiger partial charge in [-0.15, -0.1) is 11.3 Å². The van der Waals surface area contributed by atoms with Crippen LogP contribution in [0.5, 0.6) is 0 Å². The van der Waals surface area contributed by atoms with Gasteiger partial charge in [-0.1, -0.05) is 6.07 Å². The van der Waals surface area contributed by atoms with Crippen molar-refractivity contribution in [2.45, 2.75) is 33.0 Å². The molecule has 0 spiro atoms. The molecule has 1 amide bonds. The van der Waals surface area contributed by atoms with Crippen LogP contribution in [-0.2, 0) is 13.1 Å². The number of carbonyl (C=O) groups excluding carboxylic acids is 1. The zero-order valence-corrected chi connectivity index (χ0v) is 17.1. The minimum absolute atomic E-state index is 0.0456. The number of carbonyl (C=O) groups is 1. The molecule has 1 atom stereocenters. The van der Waals surface area contributed by atoms with Gasteiger partial charge in [0.05, 0.1) is 17.1 Å². The van der Waals surface area contributed by atoms with Crippen molar-refractivity contribution in [1.82, 2.24) is 19.4 Å². The van der Waals surface area contributed by atoms with Gasteiger partial charge < -0.3 is 5.32 Å². The Hall–Kier alpha value is -3.19. The van der Waals surface area contributed by atoms with E-state index < -0.39 is 0 Å². The van der Waals surface area contributed by atoms with E-state index in [0.29, 0.717) is 18.7 Å². The standard InChI is InChI=1S/C22H22N4O2S/c1-3-25-17-8-7-16(14-18(17)26(4-2)22(25)28)21(27)24-20(19-6-5-13-29-19)15-9-11-23-12-10-15/h5-14,20H,3-4H2,1-2H3,(H,24,27).